The normalized spacial score (nSPS) is 24.6. The number of hydrogen-bond donors (Lipinski definition) is 2. The number of nitrogens with one attached hydrogen (secondary N) is 2. The van der Waals surface area contributed by atoms with Crippen molar-refractivity contribution in [3.8, 4) is 0 Å². The Labute approximate surface area is 150 Å². The number of benzene rings is 1. The third kappa shape index (κ3) is 3.59. The molecule has 2 heterocycles. The van der Waals surface area contributed by atoms with E-state index >= 15 is 0 Å². The Bertz CT molecular complexity index is 747. The monoisotopic (exact) mass is 365 g/mol. The second-order valence-corrected chi connectivity index (χ2v) is 9.03. The van der Waals surface area contributed by atoms with Gasteiger partial charge in [0, 0.05) is 19.1 Å². The first kappa shape index (κ1) is 18.4. The van der Waals surface area contributed by atoms with E-state index in [0.29, 0.717) is 24.3 Å². The maximum absolute atomic E-state index is 13.3. The summed E-state index contributed by atoms with van der Waals surface area (Å²) in [6.07, 6.45) is 2.18. The zero-order valence-corrected chi connectivity index (χ0v) is 15.9. The van der Waals surface area contributed by atoms with Crippen LogP contribution in [0.1, 0.15) is 36.0 Å². The minimum atomic E-state index is -3.69. The molecule has 0 radical (unpaired) electrons. The predicted molar refractivity (Wildman–Crippen MR) is 97.0 cm³/mol. The van der Waals surface area contributed by atoms with Crippen molar-refractivity contribution < 1.29 is 13.2 Å². The lowest BCUT2D eigenvalue weighted by molar-refractivity contribution is -0.124. The predicted octanol–water partition coefficient (Wildman–Crippen LogP) is 1.24. The van der Waals surface area contributed by atoms with E-state index in [-0.39, 0.29) is 11.9 Å². The molecule has 2 N–H and O–H groups in total. The fourth-order valence-corrected chi connectivity index (χ4v) is 6.13. The van der Waals surface area contributed by atoms with Crippen LogP contribution in [0.2, 0.25) is 0 Å². The molecule has 6 nitrogen and oxygen atoms in total. The summed E-state index contributed by atoms with van der Waals surface area (Å²) in [7, 11) is -3.69. The number of rotatable bonds is 4. The molecular weight excluding hydrogens is 338 g/mol. The molecule has 138 valence electrons. The lowest BCUT2D eigenvalue weighted by Crippen LogP contribution is -2.49. The van der Waals surface area contributed by atoms with Gasteiger partial charge in [0.15, 0.2) is 0 Å². The van der Waals surface area contributed by atoms with E-state index in [1.807, 2.05) is 32.9 Å². The van der Waals surface area contributed by atoms with Crippen molar-refractivity contribution in [3.05, 3.63) is 28.8 Å². The molecule has 0 aromatic heterocycles. The largest absolute Gasteiger partial charge is 0.351 e. The van der Waals surface area contributed by atoms with Crippen molar-refractivity contribution >= 4 is 15.9 Å². The molecule has 2 aliphatic rings. The number of nitrogens with zero attached hydrogens (tertiary/aromatic N) is 1. The van der Waals surface area contributed by atoms with E-state index in [2.05, 4.69) is 10.6 Å². The quantitative estimate of drug-likeness (QED) is 0.842. The maximum Gasteiger partial charge on any atom is 0.244 e. The fraction of sp³-hybridized carbons (Fsp3) is 0.611. The SMILES string of the molecule is Cc1cc(C)c(S(=O)(=O)N2CCCC2C(=O)NC2CCNC2)c(C)c1. The highest BCUT2D eigenvalue weighted by Gasteiger charge is 2.41. The van der Waals surface area contributed by atoms with Crippen LogP contribution >= 0.6 is 0 Å². The molecule has 1 aromatic rings. The molecule has 0 spiro atoms. The van der Waals surface area contributed by atoms with Crippen LogP contribution in [-0.2, 0) is 14.8 Å². The number of sulfonamides is 1. The van der Waals surface area contributed by atoms with Gasteiger partial charge in [-0.05, 0) is 57.7 Å². The van der Waals surface area contributed by atoms with Gasteiger partial charge in [0.25, 0.3) is 0 Å². The third-order valence-corrected chi connectivity index (χ3v) is 7.30. The van der Waals surface area contributed by atoms with Gasteiger partial charge in [0.05, 0.1) is 4.90 Å². The summed E-state index contributed by atoms with van der Waals surface area (Å²) in [6.45, 7) is 7.64. The van der Waals surface area contributed by atoms with E-state index in [1.165, 1.54) is 4.31 Å². The second kappa shape index (κ2) is 7.05. The van der Waals surface area contributed by atoms with Gasteiger partial charge in [0.1, 0.15) is 6.04 Å². The molecule has 1 amide bonds. The van der Waals surface area contributed by atoms with Crippen molar-refractivity contribution in [2.75, 3.05) is 19.6 Å². The molecule has 2 atom stereocenters. The zero-order chi connectivity index (χ0) is 18.2. The van der Waals surface area contributed by atoms with Crippen LogP contribution in [0, 0.1) is 20.8 Å². The Morgan fingerprint density at radius 1 is 1.20 bits per heavy atom. The fourth-order valence-electron chi connectivity index (χ4n) is 4.06. The Hall–Kier alpha value is -1.44. The smallest absolute Gasteiger partial charge is 0.244 e. The van der Waals surface area contributed by atoms with Gasteiger partial charge in [-0.2, -0.15) is 4.31 Å². The van der Waals surface area contributed by atoms with Crippen LogP contribution in [0.3, 0.4) is 0 Å². The van der Waals surface area contributed by atoms with Crippen LogP contribution in [0.15, 0.2) is 17.0 Å². The lowest BCUT2D eigenvalue weighted by Gasteiger charge is -2.26. The van der Waals surface area contributed by atoms with Crippen molar-refractivity contribution in [1.82, 2.24) is 14.9 Å². The van der Waals surface area contributed by atoms with Crippen LogP contribution in [0.5, 0.6) is 0 Å². The first-order valence-corrected chi connectivity index (χ1v) is 10.4. The summed E-state index contributed by atoms with van der Waals surface area (Å²) < 4.78 is 27.9. The number of aryl methyl sites for hydroxylation is 3. The average Bonchev–Trinajstić information content (AvgIpc) is 3.16. The van der Waals surface area contributed by atoms with Crippen molar-refractivity contribution in [2.24, 2.45) is 0 Å². The number of carbonyl (C=O) groups is 1. The Balaban J connectivity index is 1.87. The van der Waals surface area contributed by atoms with Crippen LogP contribution < -0.4 is 10.6 Å². The maximum atomic E-state index is 13.3. The minimum Gasteiger partial charge on any atom is -0.351 e. The molecule has 2 fully saturated rings. The van der Waals surface area contributed by atoms with Gasteiger partial charge in [0.2, 0.25) is 15.9 Å². The molecule has 25 heavy (non-hydrogen) atoms. The Kier molecular flexibility index (Phi) is 5.18. The van der Waals surface area contributed by atoms with Gasteiger partial charge in [-0.3, -0.25) is 4.79 Å². The molecule has 1 aromatic carbocycles. The van der Waals surface area contributed by atoms with Crippen molar-refractivity contribution in [1.29, 1.82) is 0 Å². The highest BCUT2D eigenvalue weighted by atomic mass is 32.2. The molecule has 0 aliphatic carbocycles. The molecular formula is C18H27N3O3S. The zero-order valence-electron chi connectivity index (χ0n) is 15.1. The molecule has 0 saturated carbocycles. The third-order valence-electron chi connectivity index (χ3n) is 5.08. The number of amides is 1. The first-order chi connectivity index (χ1) is 11.8. The van der Waals surface area contributed by atoms with Gasteiger partial charge < -0.3 is 10.6 Å². The van der Waals surface area contributed by atoms with Crippen LogP contribution in [0.4, 0.5) is 0 Å². The second-order valence-electron chi connectivity index (χ2n) is 7.20. The summed E-state index contributed by atoms with van der Waals surface area (Å²) in [6, 6.07) is 3.26. The van der Waals surface area contributed by atoms with Gasteiger partial charge in [-0.25, -0.2) is 8.42 Å². The summed E-state index contributed by atoms with van der Waals surface area (Å²) in [4.78, 5) is 13.0. The average molecular weight is 365 g/mol. The summed E-state index contributed by atoms with van der Waals surface area (Å²) in [5, 5.41) is 6.21. The molecule has 3 rings (SSSR count). The van der Waals surface area contributed by atoms with E-state index in [4.69, 9.17) is 0 Å². The Morgan fingerprint density at radius 2 is 1.88 bits per heavy atom. The van der Waals surface area contributed by atoms with Gasteiger partial charge in [-0.1, -0.05) is 17.7 Å². The number of carbonyl (C=O) groups excluding carboxylic acids is 1. The van der Waals surface area contributed by atoms with Crippen molar-refractivity contribution in [3.63, 3.8) is 0 Å². The minimum absolute atomic E-state index is 0.0977. The van der Waals surface area contributed by atoms with Crippen LogP contribution in [-0.4, -0.2) is 50.3 Å². The van der Waals surface area contributed by atoms with Gasteiger partial charge >= 0.3 is 0 Å². The Morgan fingerprint density at radius 3 is 2.48 bits per heavy atom. The highest BCUT2D eigenvalue weighted by molar-refractivity contribution is 7.89. The summed E-state index contributed by atoms with van der Waals surface area (Å²) in [5.41, 5.74) is 2.52. The highest BCUT2D eigenvalue weighted by Crippen LogP contribution is 2.30. The lowest BCUT2D eigenvalue weighted by atomic mass is 10.1. The molecule has 2 saturated heterocycles. The van der Waals surface area contributed by atoms with Crippen molar-refractivity contribution in [2.45, 2.75) is 57.0 Å². The molecule has 2 unspecified atom stereocenters. The summed E-state index contributed by atoms with van der Waals surface area (Å²) >= 11 is 0. The molecule has 0 bridgehead atoms. The van der Waals surface area contributed by atoms with Crippen LogP contribution in [0.25, 0.3) is 0 Å². The number of hydrogen-bond acceptors (Lipinski definition) is 4. The van der Waals surface area contributed by atoms with E-state index in [9.17, 15) is 13.2 Å². The van der Waals surface area contributed by atoms with E-state index < -0.39 is 16.1 Å². The van der Waals surface area contributed by atoms with Gasteiger partial charge in [-0.15, -0.1) is 0 Å². The van der Waals surface area contributed by atoms with E-state index in [0.717, 1.165) is 36.2 Å². The molecule has 2 aliphatic heterocycles. The standard InChI is InChI=1S/C18H27N3O3S/c1-12-9-13(2)17(14(3)10-12)25(23,24)21-8-4-5-16(21)18(22)20-15-6-7-19-11-15/h9-10,15-16,19H,4-8,11H2,1-3H3,(H,20,22). The molecule has 7 heteroatoms. The topological polar surface area (TPSA) is 78.5 Å². The summed E-state index contributed by atoms with van der Waals surface area (Å²) in [5.74, 6) is -0.169. The van der Waals surface area contributed by atoms with E-state index in [1.54, 1.807) is 0 Å². The first-order valence-electron chi connectivity index (χ1n) is 8.91.